The minimum atomic E-state index is -0.900. The maximum Gasteiger partial charge on any atom is 0.275 e. The van der Waals surface area contributed by atoms with Crippen LogP contribution in [0.25, 0.3) is 32.6 Å². The average Bonchev–Trinajstić information content (AvgIpc) is 3.53. The highest BCUT2D eigenvalue weighted by Gasteiger charge is 2.19. The Morgan fingerprint density at radius 2 is 2.15 bits per heavy atom. The molecular weight excluding hydrogens is 438 g/mol. The molecule has 0 atom stereocenters. The van der Waals surface area contributed by atoms with Gasteiger partial charge in [-0.1, -0.05) is 0 Å². The molecule has 0 unspecified atom stereocenters. The lowest BCUT2D eigenvalue weighted by molar-refractivity contribution is 0.0580. The van der Waals surface area contributed by atoms with Crippen molar-refractivity contribution in [3.05, 3.63) is 72.5 Å². The topological polar surface area (TPSA) is 106 Å². The quantitative estimate of drug-likeness (QED) is 0.376. The minimum Gasteiger partial charge on any atom is -0.472 e. The highest BCUT2D eigenvalue weighted by molar-refractivity contribution is 7.13. The fourth-order valence-corrected chi connectivity index (χ4v) is 4.34. The van der Waals surface area contributed by atoms with Gasteiger partial charge in [-0.3, -0.25) is 14.5 Å². The summed E-state index contributed by atoms with van der Waals surface area (Å²) in [5.41, 5.74) is 3.26. The largest absolute Gasteiger partial charge is 0.472 e. The first kappa shape index (κ1) is 21.0. The summed E-state index contributed by atoms with van der Waals surface area (Å²) in [4.78, 5) is 21.6. The molecule has 4 aromatic heterocycles. The van der Waals surface area contributed by atoms with Crippen molar-refractivity contribution in [3.63, 3.8) is 0 Å². The van der Waals surface area contributed by atoms with Gasteiger partial charge in [-0.2, -0.15) is 5.10 Å². The first-order valence-electron chi connectivity index (χ1n) is 10.3. The third kappa shape index (κ3) is 4.55. The molecule has 9 heteroatoms. The summed E-state index contributed by atoms with van der Waals surface area (Å²) in [7, 11) is 0. The van der Waals surface area contributed by atoms with Crippen LogP contribution in [0.15, 0.2) is 71.2 Å². The van der Waals surface area contributed by atoms with Gasteiger partial charge in [-0.05, 0) is 44.2 Å². The van der Waals surface area contributed by atoms with Crippen molar-refractivity contribution in [3.8, 4) is 21.7 Å². The van der Waals surface area contributed by atoms with Gasteiger partial charge in [0.25, 0.3) is 5.91 Å². The van der Waals surface area contributed by atoms with Crippen LogP contribution in [0.2, 0.25) is 0 Å². The summed E-state index contributed by atoms with van der Waals surface area (Å²) >= 11 is 1.39. The van der Waals surface area contributed by atoms with Crippen molar-refractivity contribution in [2.45, 2.75) is 26.0 Å². The number of carbonyl (C=O) groups is 1. The van der Waals surface area contributed by atoms with Gasteiger partial charge in [-0.15, -0.1) is 11.3 Å². The third-order valence-corrected chi connectivity index (χ3v) is 5.86. The summed E-state index contributed by atoms with van der Waals surface area (Å²) in [5.74, 6) is -0.311. The van der Waals surface area contributed by atoms with E-state index in [4.69, 9.17) is 4.42 Å². The zero-order valence-electron chi connectivity index (χ0n) is 18.0. The Kier molecular flexibility index (Phi) is 5.27. The third-order valence-electron chi connectivity index (χ3n) is 4.97. The van der Waals surface area contributed by atoms with Gasteiger partial charge in [0.2, 0.25) is 0 Å². The van der Waals surface area contributed by atoms with Crippen LogP contribution in [0, 0.1) is 0 Å². The van der Waals surface area contributed by atoms with E-state index in [1.165, 1.54) is 11.3 Å². The Morgan fingerprint density at radius 3 is 2.88 bits per heavy atom. The zero-order chi connectivity index (χ0) is 23.0. The number of nitrogens with one attached hydrogen (secondary N) is 1. The van der Waals surface area contributed by atoms with E-state index in [1.807, 2.05) is 36.5 Å². The lowest BCUT2D eigenvalue weighted by atomic mass is 10.0. The highest BCUT2D eigenvalue weighted by Crippen LogP contribution is 2.33. The number of nitrogens with zero attached hydrogens (tertiary/aromatic N) is 4. The van der Waals surface area contributed by atoms with Crippen molar-refractivity contribution in [2.24, 2.45) is 0 Å². The number of benzene rings is 1. The summed E-state index contributed by atoms with van der Waals surface area (Å²) < 4.78 is 6.97. The molecule has 0 spiro atoms. The van der Waals surface area contributed by atoms with Crippen molar-refractivity contribution in [1.29, 1.82) is 0 Å². The predicted octanol–water partition coefficient (Wildman–Crippen LogP) is 4.84. The van der Waals surface area contributed by atoms with Crippen LogP contribution in [0.4, 0.5) is 5.69 Å². The summed E-state index contributed by atoms with van der Waals surface area (Å²) in [5, 5.41) is 21.0. The van der Waals surface area contributed by atoms with Crippen molar-refractivity contribution in [1.82, 2.24) is 19.7 Å². The second kappa shape index (κ2) is 8.27. The highest BCUT2D eigenvalue weighted by atomic mass is 32.1. The summed E-state index contributed by atoms with van der Waals surface area (Å²) in [6.07, 6.45) is 8.47. The molecule has 2 N–H and O–H groups in total. The molecule has 0 radical (unpaired) electrons. The Labute approximate surface area is 193 Å². The zero-order valence-corrected chi connectivity index (χ0v) is 18.8. The van der Waals surface area contributed by atoms with E-state index in [2.05, 4.69) is 20.4 Å². The number of hydrogen-bond donors (Lipinski definition) is 2. The fourth-order valence-electron chi connectivity index (χ4n) is 3.55. The second-order valence-electron chi connectivity index (χ2n) is 8.34. The lowest BCUT2D eigenvalue weighted by Gasteiger charge is -2.16. The second-order valence-corrected chi connectivity index (χ2v) is 9.20. The van der Waals surface area contributed by atoms with E-state index in [0.717, 1.165) is 32.6 Å². The van der Waals surface area contributed by atoms with E-state index in [1.54, 1.807) is 48.8 Å². The van der Waals surface area contributed by atoms with E-state index in [-0.39, 0.29) is 5.91 Å². The van der Waals surface area contributed by atoms with Crippen LogP contribution >= 0.6 is 11.3 Å². The monoisotopic (exact) mass is 459 g/mol. The molecule has 0 aliphatic carbocycles. The number of anilines is 1. The number of carbonyl (C=O) groups excluding carboxylic acids is 1. The molecule has 5 rings (SSSR count). The molecule has 1 aromatic carbocycles. The molecule has 5 aromatic rings. The number of aromatic nitrogens is 4. The SMILES string of the molecule is CC(C)(O)Cn1cc2cc(NC(=O)c3csc(-c4cccnc4)n3)c(-c3ccoc3)cc2n1. The maximum absolute atomic E-state index is 13.0. The van der Waals surface area contributed by atoms with Crippen LogP contribution < -0.4 is 5.32 Å². The van der Waals surface area contributed by atoms with Crippen LogP contribution in [0.1, 0.15) is 24.3 Å². The Balaban J connectivity index is 1.49. The van der Waals surface area contributed by atoms with Gasteiger partial charge in [-0.25, -0.2) is 4.98 Å². The van der Waals surface area contributed by atoms with Crippen molar-refractivity contribution in [2.75, 3.05) is 5.32 Å². The molecule has 0 aliphatic heterocycles. The number of aliphatic hydroxyl groups is 1. The van der Waals surface area contributed by atoms with Gasteiger partial charge >= 0.3 is 0 Å². The summed E-state index contributed by atoms with van der Waals surface area (Å²) in [6.45, 7) is 3.81. The van der Waals surface area contributed by atoms with Gasteiger partial charge in [0.05, 0.1) is 30.2 Å². The molecule has 8 nitrogen and oxygen atoms in total. The maximum atomic E-state index is 13.0. The molecule has 166 valence electrons. The van der Waals surface area contributed by atoms with Crippen LogP contribution in [-0.4, -0.2) is 36.4 Å². The van der Waals surface area contributed by atoms with Gasteiger partial charge < -0.3 is 14.8 Å². The normalized spacial score (nSPS) is 11.7. The van der Waals surface area contributed by atoms with Crippen molar-refractivity contribution >= 4 is 33.8 Å². The smallest absolute Gasteiger partial charge is 0.275 e. The molecule has 0 fully saturated rings. The molecular formula is C24H21N5O3S. The molecule has 33 heavy (non-hydrogen) atoms. The van der Waals surface area contributed by atoms with E-state index in [9.17, 15) is 9.90 Å². The lowest BCUT2D eigenvalue weighted by Crippen LogP contribution is -2.26. The van der Waals surface area contributed by atoms with Gasteiger partial charge in [0, 0.05) is 51.7 Å². The molecule has 0 bridgehead atoms. The number of pyridine rings is 1. The van der Waals surface area contributed by atoms with Gasteiger partial charge in [0.1, 0.15) is 10.7 Å². The van der Waals surface area contributed by atoms with Crippen LogP contribution in [0.3, 0.4) is 0 Å². The summed E-state index contributed by atoms with van der Waals surface area (Å²) in [6, 6.07) is 9.34. The van der Waals surface area contributed by atoms with Crippen molar-refractivity contribution < 1.29 is 14.3 Å². The number of furan rings is 1. The number of amides is 1. The molecule has 4 heterocycles. The van der Waals surface area contributed by atoms with Crippen LogP contribution in [0.5, 0.6) is 0 Å². The fraction of sp³-hybridized carbons (Fsp3) is 0.167. The standard InChI is InChI=1S/C24H21N5O3S/c1-24(2,31)14-29-11-17-8-20(18(9-19(17)28-29)16-5-7-32-12-16)26-22(30)21-13-33-23(27-21)15-4-3-6-25-10-15/h3-13,31H,14H2,1-2H3,(H,26,30). The number of thiazole rings is 1. The molecule has 0 aliphatic rings. The Bertz CT molecular complexity index is 1420. The van der Waals surface area contributed by atoms with Gasteiger partial charge in [0.15, 0.2) is 0 Å². The average molecular weight is 460 g/mol. The van der Waals surface area contributed by atoms with E-state index >= 15 is 0 Å². The first-order chi connectivity index (χ1) is 15.9. The number of rotatable bonds is 6. The molecule has 0 saturated heterocycles. The number of hydrogen-bond acceptors (Lipinski definition) is 7. The minimum absolute atomic E-state index is 0.311. The Morgan fingerprint density at radius 1 is 1.27 bits per heavy atom. The van der Waals surface area contributed by atoms with E-state index < -0.39 is 5.60 Å². The Hall–Kier alpha value is -3.82. The predicted molar refractivity (Wildman–Crippen MR) is 127 cm³/mol. The first-order valence-corrected chi connectivity index (χ1v) is 11.2. The van der Waals surface area contributed by atoms with Crippen LogP contribution in [-0.2, 0) is 6.54 Å². The molecule has 0 saturated carbocycles. The molecule has 1 amide bonds. The number of fused-ring (bicyclic) bond motifs is 1. The van der Waals surface area contributed by atoms with E-state index in [0.29, 0.717) is 17.9 Å².